The van der Waals surface area contributed by atoms with Crippen LogP contribution in [0.2, 0.25) is 0 Å². The van der Waals surface area contributed by atoms with Gasteiger partial charge in [0.15, 0.2) is 0 Å². The van der Waals surface area contributed by atoms with E-state index in [-0.39, 0.29) is 18.9 Å². The fourth-order valence-corrected chi connectivity index (χ4v) is 2.45. The Bertz CT molecular complexity index is 473. The van der Waals surface area contributed by atoms with Crippen molar-refractivity contribution in [1.29, 1.82) is 0 Å². The lowest BCUT2D eigenvalue weighted by Gasteiger charge is -2.38. The molecule has 1 fully saturated rings. The minimum atomic E-state index is -1.25. The van der Waals surface area contributed by atoms with Crippen LogP contribution < -0.4 is 10.6 Å². The predicted octanol–water partition coefficient (Wildman–Crippen LogP) is 0.206. The number of ether oxygens (including phenoxy) is 1. The molecule has 0 heterocycles. The molecule has 8 heteroatoms. The van der Waals surface area contributed by atoms with Crippen molar-refractivity contribution in [3.63, 3.8) is 0 Å². The Kier molecular flexibility index (Phi) is 6.99. The highest BCUT2D eigenvalue weighted by Crippen LogP contribution is 2.42. The summed E-state index contributed by atoms with van der Waals surface area (Å²) in [6.07, 6.45) is 2.04. The molecular weight excluding hydrogens is 304 g/mol. The van der Waals surface area contributed by atoms with Crippen molar-refractivity contribution in [3.05, 3.63) is 0 Å². The van der Waals surface area contributed by atoms with Gasteiger partial charge in [0, 0.05) is 13.5 Å². The fourth-order valence-electron chi connectivity index (χ4n) is 2.45. The summed E-state index contributed by atoms with van der Waals surface area (Å²) in [7, 11) is 0. The van der Waals surface area contributed by atoms with Crippen LogP contribution in [0.15, 0.2) is 0 Å². The van der Waals surface area contributed by atoms with E-state index in [1.807, 2.05) is 0 Å². The van der Waals surface area contributed by atoms with Crippen LogP contribution in [0, 0.1) is 5.41 Å². The van der Waals surface area contributed by atoms with E-state index >= 15 is 0 Å². The van der Waals surface area contributed by atoms with Gasteiger partial charge in [-0.2, -0.15) is 0 Å². The molecule has 0 aromatic carbocycles. The quantitative estimate of drug-likeness (QED) is 0.316. The number of hydrogen-bond acceptors (Lipinski definition) is 5. The second-order valence-corrected chi connectivity index (χ2v) is 5.65. The zero-order valence-electron chi connectivity index (χ0n) is 13.5. The van der Waals surface area contributed by atoms with Crippen LogP contribution in [0.1, 0.15) is 46.0 Å². The van der Waals surface area contributed by atoms with Crippen molar-refractivity contribution in [2.75, 3.05) is 13.2 Å². The molecule has 0 aromatic heterocycles. The van der Waals surface area contributed by atoms with E-state index in [2.05, 4.69) is 10.6 Å². The molecule has 0 unspecified atom stereocenters. The number of carbonyl (C=O) groups excluding carboxylic acids is 3. The van der Waals surface area contributed by atoms with Gasteiger partial charge in [0.25, 0.3) is 0 Å². The maximum atomic E-state index is 12.4. The monoisotopic (exact) mass is 328 g/mol. The number of carboxylic acid groups (broad SMARTS) is 1. The number of amides is 2. The van der Waals surface area contributed by atoms with Gasteiger partial charge in [-0.3, -0.25) is 14.4 Å². The average molecular weight is 328 g/mol. The molecule has 0 radical (unpaired) electrons. The van der Waals surface area contributed by atoms with Crippen LogP contribution in [-0.4, -0.2) is 48.1 Å². The summed E-state index contributed by atoms with van der Waals surface area (Å²) in [6.45, 7) is 3.53. The lowest BCUT2D eigenvalue weighted by atomic mass is 9.68. The topological polar surface area (TPSA) is 122 Å². The molecule has 1 atom stereocenters. The van der Waals surface area contributed by atoms with E-state index in [1.54, 1.807) is 6.92 Å². The van der Waals surface area contributed by atoms with Crippen molar-refractivity contribution in [1.82, 2.24) is 10.6 Å². The summed E-state index contributed by atoms with van der Waals surface area (Å²) in [4.78, 5) is 46.4. The normalized spacial score (nSPS) is 16.6. The van der Waals surface area contributed by atoms with Gasteiger partial charge < -0.3 is 20.5 Å². The second kappa shape index (κ2) is 8.50. The van der Waals surface area contributed by atoms with E-state index in [9.17, 15) is 24.3 Å². The molecule has 23 heavy (non-hydrogen) atoms. The highest BCUT2D eigenvalue weighted by Gasteiger charge is 2.52. The Labute approximate surface area is 134 Å². The van der Waals surface area contributed by atoms with E-state index < -0.39 is 29.3 Å². The summed E-state index contributed by atoms with van der Waals surface area (Å²) in [5.41, 5.74) is -1.25. The van der Waals surface area contributed by atoms with Gasteiger partial charge in [-0.15, -0.1) is 0 Å². The number of hydrogen-bond donors (Lipinski definition) is 3. The Hall–Kier alpha value is -2.12. The molecule has 8 nitrogen and oxygen atoms in total. The molecule has 1 aliphatic carbocycles. The van der Waals surface area contributed by atoms with Crippen LogP contribution in [0.5, 0.6) is 0 Å². The molecule has 1 saturated carbocycles. The number of carbonyl (C=O) groups is 4. The number of carboxylic acids is 1. The highest BCUT2D eigenvalue weighted by atomic mass is 16.5. The summed E-state index contributed by atoms with van der Waals surface area (Å²) in [5.74, 6) is -2.54. The van der Waals surface area contributed by atoms with Gasteiger partial charge in [0.05, 0.1) is 6.61 Å². The van der Waals surface area contributed by atoms with Crippen LogP contribution >= 0.6 is 0 Å². The maximum Gasteiger partial charge on any atom is 0.326 e. The van der Waals surface area contributed by atoms with Crippen LogP contribution in [-0.2, 0) is 23.9 Å². The Balaban J connectivity index is 2.60. The maximum absolute atomic E-state index is 12.4. The molecule has 0 spiro atoms. The molecule has 0 aromatic rings. The first kappa shape index (κ1) is 18.9. The van der Waals surface area contributed by atoms with Gasteiger partial charge in [0.1, 0.15) is 11.5 Å². The molecule has 1 rings (SSSR count). The zero-order valence-corrected chi connectivity index (χ0v) is 13.5. The molecule has 0 bridgehead atoms. The molecule has 130 valence electrons. The summed E-state index contributed by atoms with van der Waals surface area (Å²) in [5, 5.41) is 14.2. The second-order valence-electron chi connectivity index (χ2n) is 5.65. The molecule has 2 amide bonds. The minimum Gasteiger partial charge on any atom is -0.480 e. The van der Waals surface area contributed by atoms with Crippen molar-refractivity contribution < 1.29 is 29.0 Å². The Morgan fingerprint density at radius 1 is 1.26 bits per heavy atom. The molecule has 0 saturated heterocycles. The standard InChI is InChI=1S/C15H24N2O6/c1-3-23-14(22)15(7-5-8-15)13(21)17-11(12(19)20)6-4-9-16-10(2)18/h11H,3-9H2,1-2H3,(H,16,18)(H,17,21)(H,19,20)/t11-/m0/s1. The zero-order chi connectivity index (χ0) is 17.5. The summed E-state index contributed by atoms with van der Waals surface area (Å²) >= 11 is 0. The van der Waals surface area contributed by atoms with Gasteiger partial charge in [-0.1, -0.05) is 6.42 Å². The third-order valence-corrected chi connectivity index (χ3v) is 3.95. The van der Waals surface area contributed by atoms with Gasteiger partial charge in [0.2, 0.25) is 11.8 Å². The summed E-state index contributed by atoms with van der Waals surface area (Å²) < 4.78 is 4.94. The van der Waals surface area contributed by atoms with Crippen molar-refractivity contribution in [2.45, 2.75) is 52.0 Å². The molecular formula is C15H24N2O6. The largest absolute Gasteiger partial charge is 0.480 e. The van der Waals surface area contributed by atoms with Crippen molar-refractivity contribution in [2.24, 2.45) is 5.41 Å². The fraction of sp³-hybridized carbons (Fsp3) is 0.733. The first-order chi connectivity index (χ1) is 10.8. The highest BCUT2D eigenvalue weighted by molar-refractivity contribution is 6.04. The van der Waals surface area contributed by atoms with Crippen molar-refractivity contribution >= 4 is 23.8 Å². The number of rotatable bonds is 9. The summed E-state index contributed by atoms with van der Waals surface area (Å²) in [6, 6.07) is -1.09. The Morgan fingerprint density at radius 3 is 2.35 bits per heavy atom. The number of aliphatic carboxylic acids is 1. The predicted molar refractivity (Wildman–Crippen MR) is 80.4 cm³/mol. The smallest absolute Gasteiger partial charge is 0.326 e. The minimum absolute atomic E-state index is 0.167. The van der Waals surface area contributed by atoms with Gasteiger partial charge in [-0.05, 0) is 32.6 Å². The van der Waals surface area contributed by atoms with Crippen LogP contribution in [0.4, 0.5) is 0 Å². The van der Waals surface area contributed by atoms with Gasteiger partial charge in [-0.25, -0.2) is 4.79 Å². The van der Waals surface area contributed by atoms with Gasteiger partial charge >= 0.3 is 11.9 Å². The molecule has 0 aliphatic heterocycles. The van der Waals surface area contributed by atoms with Crippen molar-refractivity contribution in [3.8, 4) is 0 Å². The van der Waals surface area contributed by atoms with E-state index in [1.165, 1.54) is 6.92 Å². The molecule has 3 N–H and O–H groups in total. The lowest BCUT2D eigenvalue weighted by Crippen LogP contribution is -2.55. The average Bonchev–Trinajstić information content (AvgIpc) is 2.40. The van der Waals surface area contributed by atoms with E-state index in [0.29, 0.717) is 25.8 Å². The first-order valence-corrected chi connectivity index (χ1v) is 7.79. The third-order valence-electron chi connectivity index (χ3n) is 3.95. The third kappa shape index (κ3) is 4.94. The van der Waals surface area contributed by atoms with Crippen LogP contribution in [0.25, 0.3) is 0 Å². The van der Waals surface area contributed by atoms with E-state index in [0.717, 1.165) is 6.42 Å². The Morgan fingerprint density at radius 2 is 1.91 bits per heavy atom. The van der Waals surface area contributed by atoms with Crippen LogP contribution in [0.3, 0.4) is 0 Å². The number of esters is 1. The SMILES string of the molecule is CCOC(=O)C1(C(=O)N[C@@H](CCCNC(C)=O)C(=O)O)CCC1. The lowest BCUT2D eigenvalue weighted by molar-refractivity contribution is -0.168. The number of nitrogens with one attached hydrogen (secondary N) is 2. The van der Waals surface area contributed by atoms with E-state index in [4.69, 9.17) is 4.74 Å². The first-order valence-electron chi connectivity index (χ1n) is 7.79. The molecule has 1 aliphatic rings.